The van der Waals surface area contributed by atoms with Crippen molar-refractivity contribution in [3.63, 3.8) is 0 Å². The minimum absolute atomic E-state index is 0.620. The number of nitrogens with one attached hydrogen (secondary N) is 1. The van der Waals surface area contributed by atoms with Crippen LogP contribution >= 0.6 is 0 Å². The zero-order chi connectivity index (χ0) is 11.0. The van der Waals surface area contributed by atoms with E-state index in [9.17, 15) is 0 Å². The first kappa shape index (κ1) is 8.74. The fourth-order valence-corrected chi connectivity index (χ4v) is 1.62. The van der Waals surface area contributed by atoms with E-state index >= 15 is 0 Å². The number of imidazole rings is 1. The Balaban J connectivity index is 2.20. The molecular weight excluding hydrogens is 202 g/mol. The van der Waals surface area contributed by atoms with Crippen LogP contribution in [0.4, 0.5) is 0 Å². The topological polar surface area (TPSA) is 65.6 Å². The Kier molecular flexibility index (Phi) is 1.77. The van der Waals surface area contributed by atoms with Crippen LogP contribution in [-0.2, 0) is 0 Å². The van der Waals surface area contributed by atoms with Gasteiger partial charge in [0.25, 0.3) is 0 Å². The molecule has 4 heteroatoms. The molecule has 0 aliphatic heterocycles. The van der Waals surface area contributed by atoms with Gasteiger partial charge in [0.1, 0.15) is 12.1 Å². The van der Waals surface area contributed by atoms with Gasteiger partial charge in [-0.05, 0) is 24.3 Å². The van der Waals surface area contributed by atoms with Crippen molar-refractivity contribution in [3.05, 3.63) is 42.4 Å². The predicted molar refractivity (Wildman–Crippen MR) is 58.5 cm³/mol. The Morgan fingerprint density at radius 1 is 1.31 bits per heavy atom. The normalized spacial score (nSPS) is 10.4. The monoisotopic (exact) mass is 209 g/mol. The molecule has 4 nitrogen and oxygen atoms in total. The van der Waals surface area contributed by atoms with Crippen LogP contribution in [0.5, 0.6) is 0 Å². The van der Waals surface area contributed by atoms with Crippen LogP contribution in [0.3, 0.4) is 0 Å². The zero-order valence-corrected chi connectivity index (χ0v) is 8.27. The molecule has 0 saturated heterocycles. The van der Waals surface area contributed by atoms with Gasteiger partial charge in [0.15, 0.2) is 0 Å². The van der Waals surface area contributed by atoms with Crippen LogP contribution in [0.25, 0.3) is 22.4 Å². The van der Waals surface area contributed by atoms with Gasteiger partial charge < -0.3 is 9.40 Å². The first-order valence-corrected chi connectivity index (χ1v) is 4.79. The quantitative estimate of drug-likeness (QED) is 0.670. The highest BCUT2D eigenvalue weighted by Crippen LogP contribution is 2.21. The lowest BCUT2D eigenvalue weighted by Crippen LogP contribution is -1.74. The van der Waals surface area contributed by atoms with Gasteiger partial charge in [0, 0.05) is 0 Å². The SMILES string of the molecule is N#Cc1ccc2nc(-c3ccoc3)[nH]c2c1. The number of aromatic nitrogens is 2. The van der Waals surface area contributed by atoms with Crippen molar-refractivity contribution in [2.45, 2.75) is 0 Å². The lowest BCUT2D eigenvalue weighted by atomic mass is 10.2. The van der Waals surface area contributed by atoms with E-state index in [1.165, 1.54) is 0 Å². The second-order valence-electron chi connectivity index (χ2n) is 3.44. The smallest absolute Gasteiger partial charge is 0.141 e. The van der Waals surface area contributed by atoms with Crippen LogP contribution in [-0.4, -0.2) is 9.97 Å². The maximum absolute atomic E-state index is 8.79. The van der Waals surface area contributed by atoms with Crippen molar-refractivity contribution in [2.75, 3.05) is 0 Å². The highest BCUT2D eigenvalue weighted by Gasteiger charge is 2.06. The molecule has 0 saturated carbocycles. The summed E-state index contributed by atoms with van der Waals surface area (Å²) in [7, 11) is 0. The second kappa shape index (κ2) is 3.24. The average molecular weight is 209 g/mol. The summed E-state index contributed by atoms with van der Waals surface area (Å²) >= 11 is 0. The van der Waals surface area contributed by atoms with Crippen molar-refractivity contribution >= 4 is 11.0 Å². The highest BCUT2D eigenvalue weighted by molar-refractivity contribution is 5.80. The lowest BCUT2D eigenvalue weighted by Gasteiger charge is -1.87. The van der Waals surface area contributed by atoms with Crippen molar-refractivity contribution in [3.8, 4) is 17.5 Å². The molecule has 0 spiro atoms. The van der Waals surface area contributed by atoms with Gasteiger partial charge in [-0.1, -0.05) is 0 Å². The summed E-state index contributed by atoms with van der Waals surface area (Å²) in [4.78, 5) is 7.56. The molecule has 3 aromatic rings. The fourth-order valence-electron chi connectivity index (χ4n) is 1.62. The Bertz CT molecular complexity index is 674. The van der Waals surface area contributed by atoms with Gasteiger partial charge in [-0.15, -0.1) is 0 Å². The van der Waals surface area contributed by atoms with E-state index in [0.29, 0.717) is 5.56 Å². The average Bonchev–Trinajstić information content (AvgIpc) is 2.96. The Hall–Kier alpha value is -2.54. The van der Waals surface area contributed by atoms with E-state index in [1.54, 1.807) is 24.7 Å². The van der Waals surface area contributed by atoms with Gasteiger partial charge in [-0.3, -0.25) is 0 Å². The third kappa shape index (κ3) is 1.27. The summed E-state index contributed by atoms with van der Waals surface area (Å²) in [5, 5.41) is 8.79. The summed E-state index contributed by atoms with van der Waals surface area (Å²) in [5.74, 6) is 0.749. The van der Waals surface area contributed by atoms with E-state index in [1.807, 2.05) is 12.1 Å². The number of nitriles is 1. The molecule has 1 N–H and O–H groups in total. The fraction of sp³-hybridized carbons (Fsp3) is 0. The molecular formula is C12H7N3O. The van der Waals surface area contributed by atoms with Crippen molar-refractivity contribution in [1.82, 2.24) is 9.97 Å². The largest absolute Gasteiger partial charge is 0.472 e. The molecule has 3 rings (SSSR count). The van der Waals surface area contributed by atoms with E-state index in [-0.39, 0.29) is 0 Å². The number of benzene rings is 1. The van der Waals surface area contributed by atoms with Gasteiger partial charge in [0.2, 0.25) is 0 Å². The maximum Gasteiger partial charge on any atom is 0.141 e. The predicted octanol–water partition coefficient (Wildman–Crippen LogP) is 2.69. The van der Waals surface area contributed by atoms with Crippen LogP contribution < -0.4 is 0 Å². The summed E-state index contributed by atoms with van der Waals surface area (Å²) in [6.45, 7) is 0. The van der Waals surface area contributed by atoms with E-state index < -0.39 is 0 Å². The molecule has 2 aromatic heterocycles. The van der Waals surface area contributed by atoms with Crippen LogP contribution in [0.2, 0.25) is 0 Å². The minimum atomic E-state index is 0.620. The van der Waals surface area contributed by atoms with Gasteiger partial charge in [-0.2, -0.15) is 5.26 Å². The number of rotatable bonds is 1. The third-order valence-corrected chi connectivity index (χ3v) is 2.41. The minimum Gasteiger partial charge on any atom is -0.472 e. The molecule has 0 aliphatic carbocycles. The van der Waals surface area contributed by atoms with E-state index in [0.717, 1.165) is 22.4 Å². The maximum atomic E-state index is 8.79. The number of fused-ring (bicyclic) bond motifs is 1. The molecule has 0 radical (unpaired) electrons. The highest BCUT2D eigenvalue weighted by atomic mass is 16.3. The molecule has 1 aromatic carbocycles. The van der Waals surface area contributed by atoms with Gasteiger partial charge >= 0.3 is 0 Å². The number of aromatic amines is 1. The zero-order valence-electron chi connectivity index (χ0n) is 8.27. The van der Waals surface area contributed by atoms with Gasteiger partial charge in [0.05, 0.1) is 34.5 Å². The van der Waals surface area contributed by atoms with Crippen molar-refractivity contribution in [2.24, 2.45) is 0 Å². The van der Waals surface area contributed by atoms with E-state index in [4.69, 9.17) is 9.68 Å². The van der Waals surface area contributed by atoms with Crippen molar-refractivity contribution in [1.29, 1.82) is 5.26 Å². The molecule has 2 heterocycles. The van der Waals surface area contributed by atoms with Crippen LogP contribution in [0.15, 0.2) is 41.2 Å². The van der Waals surface area contributed by atoms with Crippen LogP contribution in [0, 0.1) is 11.3 Å². The van der Waals surface area contributed by atoms with Gasteiger partial charge in [-0.25, -0.2) is 4.98 Å². The molecule has 16 heavy (non-hydrogen) atoms. The Morgan fingerprint density at radius 3 is 3.00 bits per heavy atom. The first-order chi connectivity index (χ1) is 7.86. The molecule has 0 unspecified atom stereocenters. The number of hydrogen-bond acceptors (Lipinski definition) is 3. The third-order valence-electron chi connectivity index (χ3n) is 2.41. The summed E-state index contributed by atoms with van der Waals surface area (Å²) < 4.78 is 5.00. The Labute approximate surface area is 91.2 Å². The lowest BCUT2D eigenvalue weighted by molar-refractivity contribution is 0.568. The molecule has 0 fully saturated rings. The van der Waals surface area contributed by atoms with E-state index in [2.05, 4.69) is 16.0 Å². The first-order valence-electron chi connectivity index (χ1n) is 4.79. The molecule has 0 atom stereocenters. The summed E-state index contributed by atoms with van der Waals surface area (Å²) in [5.41, 5.74) is 3.22. The van der Waals surface area contributed by atoms with Crippen LogP contribution in [0.1, 0.15) is 5.56 Å². The van der Waals surface area contributed by atoms with Crippen molar-refractivity contribution < 1.29 is 4.42 Å². The molecule has 0 amide bonds. The molecule has 0 bridgehead atoms. The molecule has 0 aliphatic rings. The number of furan rings is 1. The molecule has 76 valence electrons. The summed E-state index contributed by atoms with van der Waals surface area (Å²) in [6.07, 6.45) is 3.23. The number of hydrogen-bond donors (Lipinski definition) is 1. The number of nitrogens with zero attached hydrogens (tertiary/aromatic N) is 2. The number of H-pyrrole nitrogens is 1. The summed E-state index contributed by atoms with van der Waals surface area (Å²) in [6, 6.07) is 9.30. The Morgan fingerprint density at radius 2 is 2.25 bits per heavy atom. The standard InChI is InChI=1S/C12H7N3O/c13-6-8-1-2-10-11(5-8)15-12(14-10)9-3-4-16-7-9/h1-5,7H,(H,14,15). The second-order valence-corrected chi connectivity index (χ2v) is 3.44.